The van der Waals surface area contributed by atoms with Crippen LogP contribution in [0.4, 0.5) is 5.82 Å². The number of rotatable bonds is 2. The van der Waals surface area contributed by atoms with E-state index >= 15 is 0 Å². The molecule has 1 fully saturated rings. The fourth-order valence-corrected chi connectivity index (χ4v) is 1.81. The maximum absolute atomic E-state index is 8.80. The quantitative estimate of drug-likeness (QED) is 0.794. The number of hydrogen-bond acceptors (Lipinski definition) is 4. The predicted octanol–water partition coefficient (Wildman–Crippen LogP) is 1.38. The van der Waals surface area contributed by atoms with Crippen LogP contribution in [0.25, 0.3) is 0 Å². The molecule has 0 aliphatic carbocycles. The number of anilines is 1. The molecule has 78 valence electrons. The van der Waals surface area contributed by atoms with Gasteiger partial charge in [0.1, 0.15) is 16.9 Å². The van der Waals surface area contributed by atoms with Crippen molar-refractivity contribution in [3.8, 4) is 6.07 Å². The number of halogens is 1. The van der Waals surface area contributed by atoms with Crippen LogP contribution in [0.1, 0.15) is 12.0 Å². The average Bonchev–Trinajstić information content (AvgIpc) is 2.74. The van der Waals surface area contributed by atoms with Crippen LogP contribution in [-0.2, 0) is 0 Å². The van der Waals surface area contributed by atoms with Gasteiger partial charge in [0.05, 0.1) is 5.56 Å². The van der Waals surface area contributed by atoms with Crippen LogP contribution in [0.5, 0.6) is 0 Å². The van der Waals surface area contributed by atoms with E-state index in [0.29, 0.717) is 22.4 Å². The van der Waals surface area contributed by atoms with E-state index in [9.17, 15) is 0 Å². The first-order valence-corrected chi connectivity index (χ1v) is 5.21. The van der Waals surface area contributed by atoms with Gasteiger partial charge in [-0.05, 0) is 19.0 Å². The molecule has 2 rings (SSSR count). The highest BCUT2D eigenvalue weighted by molar-refractivity contribution is 6.34. The summed E-state index contributed by atoms with van der Waals surface area (Å²) in [5, 5.41) is 15.7. The van der Waals surface area contributed by atoms with Crippen molar-refractivity contribution in [3.05, 3.63) is 22.8 Å². The number of nitriles is 1. The number of aromatic nitrogens is 1. The number of nitrogens with zero attached hydrogens (tertiary/aromatic N) is 2. The zero-order valence-electron chi connectivity index (χ0n) is 8.13. The van der Waals surface area contributed by atoms with Crippen molar-refractivity contribution in [1.29, 1.82) is 5.26 Å². The second-order valence-corrected chi connectivity index (χ2v) is 3.84. The number of hydrogen-bond donors (Lipinski definition) is 2. The summed E-state index contributed by atoms with van der Waals surface area (Å²) < 4.78 is 0. The Morgan fingerprint density at radius 2 is 2.53 bits per heavy atom. The Morgan fingerprint density at radius 3 is 3.20 bits per heavy atom. The fourth-order valence-electron chi connectivity index (χ4n) is 1.60. The second kappa shape index (κ2) is 4.47. The largest absolute Gasteiger partial charge is 0.365 e. The van der Waals surface area contributed by atoms with Crippen LogP contribution in [-0.4, -0.2) is 24.1 Å². The van der Waals surface area contributed by atoms with Crippen molar-refractivity contribution < 1.29 is 0 Å². The summed E-state index contributed by atoms with van der Waals surface area (Å²) in [6.45, 7) is 1.92. The predicted molar refractivity (Wildman–Crippen MR) is 58.9 cm³/mol. The van der Waals surface area contributed by atoms with E-state index in [2.05, 4.69) is 15.6 Å². The first kappa shape index (κ1) is 10.2. The average molecular weight is 223 g/mol. The molecule has 5 heteroatoms. The third kappa shape index (κ3) is 2.20. The van der Waals surface area contributed by atoms with E-state index < -0.39 is 0 Å². The molecule has 15 heavy (non-hydrogen) atoms. The summed E-state index contributed by atoms with van der Waals surface area (Å²) >= 11 is 6.02. The topological polar surface area (TPSA) is 60.7 Å². The van der Waals surface area contributed by atoms with Gasteiger partial charge in [0.25, 0.3) is 0 Å². The lowest BCUT2D eigenvalue weighted by atomic mass is 10.2. The van der Waals surface area contributed by atoms with E-state index in [1.807, 2.05) is 6.07 Å². The summed E-state index contributed by atoms with van der Waals surface area (Å²) in [4.78, 5) is 4.13. The molecule has 0 radical (unpaired) electrons. The van der Waals surface area contributed by atoms with Crippen LogP contribution in [0, 0.1) is 11.3 Å². The molecule has 1 atom stereocenters. The molecule has 1 unspecified atom stereocenters. The molecule has 1 aliphatic heterocycles. The highest BCUT2D eigenvalue weighted by atomic mass is 35.5. The summed E-state index contributed by atoms with van der Waals surface area (Å²) in [7, 11) is 0. The molecule has 1 aromatic rings. The molecule has 4 nitrogen and oxygen atoms in total. The fraction of sp³-hybridized carbons (Fsp3) is 0.400. The molecule has 1 saturated heterocycles. The first-order chi connectivity index (χ1) is 7.31. The number of pyridine rings is 1. The molecule has 2 N–H and O–H groups in total. The van der Waals surface area contributed by atoms with E-state index in [4.69, 9.17) is 16.9 Å². The zero-order valence-corrected chi connectivity index (χ0v) is 8.88. The van der Waals surface area contributed by atoms with Crippen molar-refractivity contribution in [3.63, 3.8) is 0 Å². The van der Waals surface area contributed by atoms with Crippen molar-refractivity contribution in [2.24, 2.45) is 0 Å². The molecular formula is C10H11ClN4. The molecular weight excluding hydrogens is 212 g/mol. The minimum absolute atomic E-state index is 0.351. The van der Waals surface area contributed by atoms with Gasteiger partial charge in [0, 0.05) is 18.8 Å². The molecule has 0 bridgehead atoms. The lowest BCUT2D eigenvalue weighted by molar-refractivity contribution is 0.788. The maximum Gasteiger partial charge on any atom is 0.146 e. The monoisotopic (exact) mass is 222 g/mol. The lowest BCUT2D eigenvalue weighted by Gasteiger charge is -2.13. The van der Waals surface area contributed by atoms with Crippen LogP contribution >= 0.6 is 11.6 Å². The van der Waals surface area contributed by atoms with Crippen molar-refractivity contribution in [2.45, 2.75) is 12.5 Å². The van der Waals surface area contributed by atoms with Gasteiger partial charge in [0.2, 0.25) is 0 Å². The van der Waals surface area contributed by atoms with Gasteiger partial charge in [-0.25, -0.2) is 4.98 Å². The van der Waals surface area contributed by atoms with E-state index in [0.717, 1.165) is 19.5 Å². The minimum atomic E-state index is 0.351. The molecule has 1 aliphatic rings. The first-order valence-electron chi connectivity index (χ1n) is 4.83. The molecule has 1 aromatic heterocycles. The van der Waals surface area contributed by atoms with E-state index in [1.165, 1.54) is 0 Å². The Bertz CT molecular complexity index is 393. The van der Waals surface area contributed by atoms with Gasteiger partial charge in [-0.3, -0.25) is 0 Å². The third-order valence-corrected chi connectivity index (χ3v) is 2.79. The summed E-state index contributed by atoms with van der Waals surface area (Å²) in [6, 6.07) is 4.00. The smallest absolute Gasteiger partial charge is 0.146 e. The Morgan fingerprint density at radius 1 is 1.67 bits per heavy atom. The van der Waals surface area contributed by atoms with Crippen LogP contribution in [0.3, 0.4) is 0 Å². The SMILES string of the molecule is N#Cc1ccnc(NC2CCNC2)c1Cl. The van der Waals surface area contributed by atoms with Gasteiger partial charge in [0.15, 0.2) is 0 Å². The van der Waals surface area contributed by atoms with Gasteiger partial charge in [-0.15, -0.1) is 0 Å². The Balaban J connectivity index is 2.17. The van der Waals surface area contributed by atoms with E-state index in [-0.39, 0.29) is 0 Å². The van der Waals surface area contributed by atoms with Crippen molar-refractivity contribution in [2.75, 3.05) is 18.4 Å². The Kier molecular flexibility index (Phi) is 3.05. The van der Waals surface area contributed by atoms with Gasteiger partial charge < -0.3 is 10.6 Å². The standard InChI is InChI=1S/C10H11ClN4/c11-9-7(5-12)1-4-14-10(9)15-8-2-3-13-6-8/h1,4,8,13H,2-3,6H2,(H,14,15). The highest BCUT2D eigenvalue weighted by Gasteiger charge is 2.16. The van der Waals surface area contributed by atoms with Crippen LogP contribution in [0.15, 0.2) is 12.3 Å². The van der Waals surface area contributed by atoms with Crippen LogP contribution < -0.4 is 10.6 Å². The zero-order chi connectivity index (χ0) is 10.7. The molecule has 0 saturated carbocycles. The van der Waals surface area contributed by atoms with Crippen LogP contribution in [0.2, 0.25) is 5.02 Å². The van der Waals surface area contributed by atoms with Crippen molar-refractivity contribution >= 4 is 17.4 Å². The summed E-state index contributed by atoms with van der Waals surface area (Å²) in [6.07, 6.45) is 2.64. The number of nitrogens with one attached hydrogen (secondary N) is 2. The second-order valence-electron chi connectivity index (χ2n) is 3.47. The Labute approximate surface area is 93.3 Å². The summed E-state index contributed by atoms with van der Waals surface area (Å²) in [5.74, 6) is 0.601. The summed E-state index contributed by atoms with van der Waals surface area (Å²) in [5.41, 5.74) is 0.458. The lowest BCUT2D eigenvalue weighted by Crippen LogP contribution is -2.22. The molecule has 2 heterocycles. The van der Waals surface area contributed by atoms with E-state index in [1.54, 1.807) is 12.3 Å². The third-order valence-electron chi connectivity index (χ3n) is 2.41. The minimum Gasteiger partial charge on any atom is -0.365 e. The van der Waals surface area contributed by atoms with Gasteiger partial charge in [-0.1, -0.05) is 11.6 Å². The molecule has 0 aromatic carbocycles. The van der Waals surface area contributed by atoms with Gasteiger partial charge in [-0.2, -0.15) is 5.26 Å². The van der Waals surface area contributed by atoms with Crippen molar-refractivity contribution in [1.82, 2.24) is 10.3 Å². The normalized spacial score (nSPS) is 19.9. The van der Waals surface area contributed by atoms with Gasteiger partial charge >= 0.3 is 0 Å². The maximum atomic E-state index is 8.80. The Hall–Kier alpha value is -1.31. The molecule has 0 amide bonds. The molecule has 0 spiro atoms. The highest BCUT2D eigenvalue weighted by Crippen LogP contribution is 2.23.